The van der Waals surface area contributed by atoms with Gasteiger partial charge in [0.05, 0.1) is 11.3 Å². The Labute approximate surface area is 129 Å². The minimum Gasteiger partial charge on any atom is -0.478 e. The largest absolute Gasteiger partial charge is 0.478 e. The van der Waals surface area contributed by atoms with Gasteiger partial charge >= 0.3 is 12.1 Å². The van der Waals surface area contributed by atoms with Gasteiger partial charge in [-0.1, -0.05) is 31.6 Å². The molecule has 0 saturated heterocycles. The van der Waals surface area contributed by atoms with Crippen LogP contribution in [0, 0.1) is 0 Å². The van der Waals surface area contributed by atoms with Gasteiger partial charge < -0.3 is 9.84 Å². The van der Waals surface area contributed by atoms with Gasteiger partial charge in [-0.05, 0) is 30.5 Å². The van der Waals surface area contributed by atoms with E-state index in [9.17, 15) is 14.7 Å². The second-order valence-corrected chi connectivity index (χ2v) is 5.98. The quantitative estimate of drug-likeness (QED) is 0.869. The zero-order chi connectivity index (χ0) is 15.7. The molecule has 1 aromatic rings. The summed E-state index contributed by atoms with van der Waals surface area (Å²) in [7, 11) is 0. The topological polar surface area (TPSA) is 66.8 Å². The van der Waals surface area contributed by atoms with E-state index in [1.54, 1.807) is 17.0 Å². The molecule has 1 spiro atoms. The summed E-state index contributed by atoms with van der Waals surface area (Å²) < 4.78 is 5.16. The van der Waals surface area contributed by atoms with Gasteiger partial charge in [0.15, 0.2) is 0 Å². The Morgan fingerprint density at radius 1 is 1.36 bits per heavy atom. The molecule has 0 bridgehead atoms. The number of carboxylic acid groups (broad SMARTS) is 1. The van der Waals surface area contributed by atoms with Crippen LogP contribution in [0.15, 0.2) is 30.9 Å². The molecule has 116 valence electrons. The number of fused-ring (bicyclic) bond motifs is 2. The maximum absolute atomic E-state index is 12.3. The van der Waals surface area contributed by atoms with Gasteiger partial charge in [0, 0.05) is 12.0 Å². The summed E-state index contributed by atoms with van der Waals surface area (Å²) in [6.07, 6.45) is 5.40. The van der Waals surface area contributed by atoms with Crippen LogP contribution in [0.2, 0.25) is 0 Å². The summed E-state index contributed by atoms with van der Waals surface area (Å²) in [5.41, 5.74) is 1.90. The van der Waals surface area contributed by atoms with Crippen LogP contribution >= 0.6 is 0 Å². The molecule has 1 aliphatic heterocycles. The highest BCUT2D eigenvalue weighted by atomic mass is 16.6. The van der Waals surface area contributed by atoms with E-state index in [1.807, 2.05) is 6.07 Å². The van der Waals surface area contributed by atoms with E-state index in [0.29, 0.717) is 12.2 Å². The number of rotatable bonds is 3. The molecule has 1 amide bonds. The molecule has 1 heterocycles. The number of anilines is 1. The molecular weight excluding hydrogens is 282 g/mol. The number of benzene rings is 1. The first-order valence-corrected chi connectivity index (χ1v) is 7.50. The highest BCUT2D eigenvalue weighted by Gasteiger charge is 2.46. The van der Waals surface area contributed by atoms with Crippen molar-refractivity contribution in [2.24, 2.45) is 0 Å². The van der Waals surface area contributed by atoms with Crippen molar-refractivity contribution in [3.8, 4) is 0 Å². The van der Waals surface area contributed by atoms with Gasteiger partial charge in [0.2, 0.25) is 0 Å². The third-order valence-corrected chi connectivity index (χ3v) is 4.67. The number of aromatic carboxylic acids is 1. The minimum atomic E-state index is -0.991. The maximum atomic E-state index is 12.3. The van der Waals surface area contributed by atoms with Crippen molar-refractivity contribution in [3.63, 3.8) is 0 Å². The number of amides is 1. The van der Waals surface area contributed by atoms with Crippen LogP contribution in [0.5, 0.6) is 0 Å². The van der Waals surface area contributed by atoms with E-state index in [2.05, 4.69) is 6.58 Å². The van der Waals surface area contributed by atoms with Crippen LogP contribution in [-0.2, 0) is 10.2 Å². The summed E-state index contributed by atoms with van der Waals surface area (Å²) in [5.74, 6) is -0.991. The lowest BCUT2D eigenvalue weighted by Gasteiger charge is -2.24. The van der Waals surface area contributed by atoms with Crippen molar-refractivity contribution in [2.75, 3.05) is 18.1 Å². The number of hydrogen-bond acceptors (Lipinski definition) is 3. The lowest BCUT2D eigenvalue weighted by Crippen LogP contribution is -2.36. The van der Waals surface area contributed by atoms with Crippen molar-refractivity contribution in [1.82, 2.24) is 0 Å². The van der Waals surface area contributed by atoms with Crippen LogP contribution in [0.4, 0.5) is 10.5 Å². The normalized spacial score (nSPS) is 18.3. The third kappa shape index (κ3) is 2.26. The van der Waals surface area contributed by atoms with Crippen LogP contribution in [0.1, 0.15) is 41.6 Å². The van der Waals surface area contributed by atoms with E-state index >= 15 is 0 Å². The van der Waals surface area contributed by atoms with Gasteiger partial charge in [-0.15, -0.1) is 0 Å². The van der Waals surface area contributed by atoms with Crippen LogP contribution in [-0.4, -0.2) is 30.3 Å². The number of ether oxygens (including phenoxy) is 1. The highest BCUT2D eigenvalue weighted by molar-refractivity contribution is 5.95. The zero-order valence-corrected chi connectivity index (χ0v) is 12.4. The van der Waals surface area contributed by atoms with Crippen LogP contribution in [0.3, 0.4) is 0 Å². The number of carbonyl (C=O) groups is 2. The number of nitrogens with zero attached hydrogens (tertiary/aromatic N) is 1. The highest BCUT2D eigenvalue weighted by Crippen LogP contribution is 2.50. The third-order valence-electron chi connectivity index (χ3n) is 4.67. The summed E-state index contributed by atoms with van der Waals surface area (Å²) in [6, 6.07) is 5.07. The van der Waals surface area contributed by atoms with Gasteiger partial charge in [-0.2, -0.15) is 0 Å². The molecule has 5 nitrogen and oxygen atoms in total. The zero-order valence-electron chi connectivity index (χ0n) is 12.4. The Morgan fingerprint density at radius 3 is 2.73 bits per heavy atom. The number of carbonyl (C=O) groups excluding carboxylic acids is 1. The van der Waals surface area contributed by atoms with E-state index in [4.69, 9.17) is 4.74 Å². The summed E-state index contributed by atoms with van der Waals surface area (Å²) in [5, 5.41) is 9.19. The monoisotopic (exact) mass is 301 g/mol. The number of hydrogen-bond donors (Lipinski definition) is 1. The predicted octanol–water partition coefficient (Wildman–Crippen LogP) is 3.34. The van der Waals surface area contributed by atoms with Crippen molar-refractivity contribution in [3.05, 3.63) is 42.0 Å². The summed E-state index contributed by atoms with van der Waals surface area (Å²) in [6.45, 7) is 4.26. The molecule has 0 aromatic heterocycles. The molecule has 1 fully saturated rings. The molecule has 1 aromatic carbocycles. The lowest BCUT2D eigenvalue weighted by atomic mass is 9.80. The molecule has 0 radical (unpaired) electrons. The second-order valence-electron chi connectivity index (χ2n) is 5.98. The fourth-order valence-electron chi connectivity index (χ4n) is 3.66. The minimum absolute atomic E-state index is 0.0421. The Morgan fingerprint density at radius 2 is 2.09 bits per heavy atom. The smallest absolute Gasteiger partial charge is 0.414 e. The maximum Gasteiger partial charge on any atom is 0.414 e. The molecular formula is C17H19NO4. The molecule has 3 rings (SSSR count). The first-order valence-electron chi connectivity index (χ1n) is 7.50. The SMILES string of the molecule is C=CCOC(=O)N1CC2(CCCC2)c2ccc(C(=O)O)cc21. The molecule has 0 unspecified atom stereocenters. The van der Waals surface area contributed by atoms with Crippen molar-refractivity contribution < 1.29 is 19.4 Å². The van der Waals surface area contributed by atoms with Crippen LogP contribution in [0.25, 0.3) is 0 Å². The Balaban J connectivity index is 2.01. The first kappa shape index (κ1) is 14.6. The Bertz CT molecular complexity index is 632. The Kier molecular flexibility index (Phi) is 3.64. The van der Waals surface area contributed by atoms with Gasteiger partial charge in [0.1, 0.15) is 6.61 Å². The molecule has 0 atom stereocenters. The van der Waals surface area contributed by atoms with E-state index in [1.165, 1.54) is 6.08 Å². The molecule has 22 heavy (non-hydrogen) atoms. The van der Waals surface area contributed by atoms with Crippen LogP contribution < -0.4 is 4.90 Å². The number of carboxylic acids is 1. The van der Waals surface area contributed by atoms with Crippen molar-refractivity contribution in [1.29, 1.82) is 0 Å². The van der Waals surface area contributed by atoms with E-state index in [0.717, 1.165) is 31.2 Å². The first-order chi connectivity index (χ1) is 10.6. The molecule has 1 N–H and O–H groups in total. The molecule has 1 aliphatic carbocycles. The average molecular weight is 301 g/mol. The van der Waals surface area contributed by atoms with Crippen molar-refractivity contribution in [2.45, 2.75) is 31.1 Å². The van der Waals surface area contributed by atoms with E-state index < -0.39 is 12.1 Å². The van der Waals surface area contributed by atoms with E-state index in [-0.39, 0.29) is 17.6 Å². The van der Waals surface area contributed by atoms with Crippen molar-refractivity contribution >= 4 is 17.7 Å². The van der Waals surface area contributed by atoms with Gasteiger partial charge in [0.25, 0.3) is 0 Å². The summed E-state index contributed by atoms with van der Waals surface area (Å²) >= 11 is 0. The summed E-state index contributed by atoms with van der Waals surface area (Å²) in [4.78, 5) is 25.1. The lowest BCUT2D eigenvalue weighted by molar-refractivity contribution is 0.0696. The fourth-order valence-corrected chi connectivity index (χ4v) is 3.66. The Hall–Kier alpha value is -2.30. The molecule has 1 saturated carbocycles. The average Bonchev–Trinajstić information content (AvgIpc) is 3.11. The standard InChI is InChI=1S/C17H19NO4/c1-2-9-22-16(21)18-11-17(7-3-4-8-17)13-6-5-12(15(19)20)10-14(13)18/h2,5-6,10H,1,3-4,7-9,11H2,(H,19,20). The van der Waals surface area contributed by atoms with Gasteiger partial charge in [-0.3, -0.25) is 4.90 Å². The van der Waals surface area contributed by atoms with Gasteiger partial charge in [-0.25, -0.2) is 9.59 Å². The second kappa shape index (κ2) is 5.48. The predicted molar refractivity (Wildman–Crippen MR) is 82.4 cm³/mol. The molecule has 5 heteroatoms. The fraction of sp³-hybridized carbons (Fsp3) is 0.412. The molecule has 2 aliphatic rings.